The molecule has 2 heterocycles. The molecule has 0 aliphatic carbocycles. The second-order valence-electron chi connectivity index (χ2n) is 7.16. The summed E-state index contributed by atoms with van der Waals surface area (Å²) >= 11 is 0. The number of para-hydroxylation sites is 1. The summed E-state index contributed by atoms with van der Waals surface area (Å²) in [6, 6.07) is 5.10. The maximum atomic E-state index is 11.9. The normalized spacial score (nSPS) is 22.3. The van der Waals surface area contributed by atoms with Gasteiger partial charge in [0.1, 0.15) is 29.8 Å². The van der Waals surface area contributed by atoms with Crippen molar-refractivity contribution in [1.29, 1.82) is 0 Å². The van der Waals surface area contributed by atoms with Crippen molar-refractivity contribution in [3.63, 3.8) is 0 Å². The number of carbonyl (C=O) groups excluding carboxylic acids is 1. The Balaban J connectivity index is 2.06. The Kier molecular flexibility index (Phi) is 7.08. The number of benzene rings is 1. The number of ether oxygens (including phenoxy) is 2. The zero-order valence-corrected chi connectivity index (χ0v) is 17.3. The fraction of sp³-hybridized carbons (Fsp3) is 0.400. The number of rotatable bonds is 8. The lowest BCUT2D eigenvalue weighted by Crippen LogP contribution is -2.58. The quantitative estimate of drug-likeness (QED) is 0.339. The zero-order valence-electron chi connectivity index (χ0n) is 17.3. The van der Waals surface area contributed by atoms with Crippen LogP contribution in [0.15, 0.2) is 42.3 Å². The monoisotopic (exact) mass is 448 g/mol. The van der Waals surface area contributed by atoms with Gasteiger partial charge in [0.25, 0.3) is 0 Å². The number of nitrogens with zero attached hydrogens (tertiary/aromatic N) is 3. The summed E-state index contributed by atoms with van der Waals surface area (Å²) in [6.45, 7) is 0.437. The van der Waals surface area contributed by atoms with Gasteiger partial charge in [-0.15, -0.1) is 5.10 Å². The SMILES string of the molecule is COc1ccccc1-c1cn([C@H]2C=C(C(=O)O)O[C@@H]([C@H](O)[C@H](O)CO)[C@@H]2NC(C)=O)nn1. The van der Waals surface area contributed by atoms with Crippen LogP contribution in [-0.2, 0) is 14.3 Å². The molecule has 0 fully saturated rings. The van der Waals surface area contributed by atoms with Crippen LogP contribution in [0.1, 0.15) is 13.0 Å². The van der Waals surface area contributed by atoms with Crippen molar-refractivity contribution >= 4 is 11.9 Å². The van der Waals surface area contributed by atoms with Gasteiger partial charge in [0, 0.05) is 12.5 Å². The summed E-state index contributed by atoms with van der Waals surface area (Å²) in [5.41, 5.74) is 1.06. The summed E-state index contributed by atoms with van der Waals surface area (Å²) in [5.74, 6) is -1.88. The van der Waals surface area contributed by atoms with Gasteiger partial charge < -0.3 is 35.2 Å². The summed E-state index contributed by atoms with van der Waals surface area (Å²) in [7, 11) is 1.51. The average Bonchev–Trinajstić information content (AvgIpc) is 3.27. The van der Waals surface area contributed by atoms with E-state index in [-0.39, 0.29) is 0 Å². The zero-order chi connectivity index (χ0) is 23.4. The van der Waals surface area contributed by atoms with E-state index in [1.54, 1.807) is 24.3 Å². The predicted octanol–water partition coefficient (Wildman–Crippen LogP) is -0.919. The van der Waals surface area contributed by atoms with Crippen LogP contribution in [0.2, 0.25) is 0 Å². The van der Waals surface area contributed by atoms with Crippen molar-refractivity contribution in [3.8, 4) is 17.0 Å². The summed E-state index contributed by atoms with van der Waals surface area (Å²) < 4.78 is 12.0. The van der Waals surface area contributed by atoms with E-state index < -0.39 is 54.6 Å². The highest BCUT2D eigenvalue weighted by Gasteiger charge is 2.44. The minimum atomic E-state index is -1.71. The molecule has 12 nitrogen and oxygen atoms in total. The van der Waals surface area contributed by atoms with Gasteiger partial charge in [-0.1, -0.05) is 17.3 Å². The number of aliphatic carboxylic acids is 1. The minimum absolute atomic E-state index is 0.424. The molecule has 1 amide bonds. The number of hydrogen-bond acceptors (Lipinski definition) is 9. The Hall–Kier alpha value is -3.48. The van der Waals surface area contributed by atoms with Gasteiger partial charge in [-0.25, -0.2) is 9.48 Å². The van der Waals surface area contributed by atoms with Crippen LogP contribution in [0.25, 0.3) is 11.3 Å². The Labute approximate surface area is 182 Å². The van der Waals surface area contributed by atoms with Gasteiger partial charge in [0.2, 0.25) is 11.7 Å². The number of methoxy groups -OCH3 is 1. The van der Waals surface area contributed by atoms with Crippen LogP contribution >= 0.6 is 0 Å². The molecule has 1 aliphatic rings. The molecule has 1 aromatic carbocycles. The van der Waals surface area contributed by atoms with Crippen molar-refractivity contribution < 1.29 is 39.5 Å². The summed E-state index contributed by atoms with van der Waals surface area (Å²) in [4.78, 5) is 23.5. The molecule has 0 saturated heterocycles. The van der Waals surface area contributed by atoms with E-state index in [4.69, 9.17) is 9.47 Å². The molecule has 0 unspecified atom stereocenters. The molecule has 1 aromatic heterocycles. The number of hydrogen-bond donors (Lipinski definition) is 5. The van der Waals surface area contributed by atoms with Gasteiger partial charge in [-0.2, -0.15) is 0 Å². The van der Waals surface area contributed by atoms with Gasteiger partial charge >= 0.3 is 5.97 Å². The van der Waals surface area contributed by atoms with Crippen molar-refractivity contribution in [2.24, 2.45) is 0 Å². The maximum Gasteiger partial charge on any atom is 0.370 e. The second-order valence-corrected chi connectivity index (χ2v) is 7.16. The largest absolute Gasteiger partial charge is 0.496 e. The highest BCUT2D eigenvalue weighted by atomic mass is 16.5. The fourth-order valence-electron chi connectivity index (χ4n) is 3.49. The van der Waals surface area contributed by atoms with E-state index in [9.17, 15) is 30.0 Å². The van der Waals surface area contributed by atoms with Gasteiger partial charge in [-0.05, 0) is 18.2 Å². The Morgan fingerprint density at radius 3 is 2.66 bits per heavy atom. The fourth-order valence-corrected chi connectivity index (χ4v) is 3.49. The Bertz CT molecular complexity index is 1010. The van der Waals surface area contributed by atoms with Crippen molar-refractivity contribution in [2.45, 2.75) is 37.3 Å². The molecule has 5 N–H and O–H groups in total. The van der Waals surface area contributed by atoms with Crippen LogP contribution in [0.5, 0.6) is 5.75 Å². The third-order valence-electron chi connectivity index (χ3n) is 5.00. The molecule has 0 saturated carbocycles. The highest BCUT2D eigenvalue weighted by Crippen LogP contribution is 2.32. The smallest absolute Gasteiger partial charge is 0.370 e. The standard InChI is InChI=1S/C20H24N4O8/c1-10(26)21-17-13(7-16(20(29)30)32-19(17)18(28)14(27)9-25)24-8-12(22-23-24)11-5-3-4-6-15(11)31-2/h3-8,13-14,17-19,25,27-28H,9H2,1-2H3,(H,21,26)(H,29,30)/t13-,14+,17+,18+,19+/m0/s1. The first kappa shape index (κ1) is 23.2. The number of carbonyl (C=O) groups is 2. The molecule has 0 bridgehead atoms. The first-order valence-corrected chi connectivity index (χ1v) is 9.67. The number of carboxylic acids is 1. The first-order chi connectivity index (χ1) is 15.3. The molecule has 3 rings (SSSR count). The lowest BCUT2D eigenvalue weighted by molar-refractivity contribution is -0.147. The van der Waals surface area contributed by atoms with Crippen LogP contribution in [0.4, 0.5) is 0 Å². The minimum Gasteiger partial charge on any atom is -0.496 e. The number of aromatic nitrogens is 3. The van der Waals surface area contributed by atoms with Crippen molar-refractivity contribution in [1.82, 2.24) is 20.3 Å². The van der Waals surface area contributed by atoms with Gasteiger partial charge in [0.15, 0.2) is 0 Å². The average molecular weight is 448 g/mol. The number of carboxylic acid groups (broad SMARTS) is 1. The lowest BCUT2D eigenvalue weighted by atomic mass is 9.92. The topological polar surface area (TPSA) is 176 Å². The van der Waals surface area contributed by atoms with Crippen molar-refractivity contribution in [3.05, 3.63) is 42.3 Å². The molecular formula is C20H24N4O8. The number of aliphatic hydroxyl groups excluding tert-OH is 3. The molecule has 172 valence electrons. The highest BCUT2D eigenvalue weighted by molar-refractivity contribution is 5.84. The molecular weight excluding hydrogens is 424 g/mol. The summed E-state index contributed by atoms with van der Waals surface area (Å²) in [6.07, 6.45) is -1.99. The van der Waals surface area contributed by atoms with Crippen LogP contribution in [0.3, 0.4) is 0 Å². The van der Waals surface area contributed by atoms with E-state index in [2.05, 4.69) is 15.6 Å². The van der Waals surface area contributed by atoms with Crippen LogP contribution in [-0.4, -0.2) is 85.4 Å². The third kappa shape index (κ3) is 4.72. The van der Waals surface area contributed by atoms with E-state index in [1.807, 2.05) is 0 Å². The maximum absolute atomic E-state index is 11.9. The molecule has 1 aliphatic heterocycles. The number of aliphatic hydroxyl groups is 3. The molecule has 32 heavy (non-hydrogen) atoms. The van der Waals surface area contributed by atoms with Crippen LogP contribution < -0.4 is 10.1 Å². The predicted molar refractivity (Wildman–Crippen MR) is 108 cm³/mol. The molecule has 5 atom stereocenters. The van der Waals surface area contributed by atoms with Crippen molar-refractivity contribution in [2.75, 3.05) is 13.7 Å². The third-order valence-corrected chi connectivity index (χ3v) is 5.00. The lowest BCUT2D eigenvalue weighted by Gasteiger charge is -2.39. The number of nitrogens with one attached hydrogen (secondary N) is 1. The Morgan fingerprint density at radius 2 is 2.03 bits per heavy atom. The molecule has 12 heteroatoms. The summed E-state index contributed by atoms with van der Waals surface area (Å²) in [5, 5.41) is 49.9. The van der Waals surface area contributed by atoms with E-state index in [0.29, 0.717) is 17.0 Å². The number of amides is 1. The van der Waals surface area contributed by atoms with E-state index in [1.165, 1.54) is 31.0 Å². The first-order valence-electron chi connectivity index (χ1n) is 9.67. The second kappa shape index (κ2) is 9.77. The van der Waals surface area contributed by atoms with Crippen LogP contribution in [0, 0.1) is 0 Å². The Morgan fingerprint density at radius 1 is 1.31 bits per heavy atom. The van der Waals surface area contributed by atoms with E-state index >= 15 is 0 Å². The molecule has 0 radical (unpaired) electrons. The van der Waals surface area contributed by atoms with E-state index in [0.717, 1.165) is 0 Å². The molecule has 0 spiro atoms. The van der Waals surface area contributed by atoms with Gasteiger partial charge in [-0.3, -0.25) is 4.79 Å². The van der Waals surface area contributed by atoms with Gasteiger partial charge in [0.05, 0.1) is 32.0 Å². The molecule has 2 aromatic rings.